The fourth-order valence-electron chi connectivity index (χ4n) is 3.02. The number of benzene rings is 1. The molecule has 3 amide bonds. The van der Waals surface area contributed by atoms with E-state index in [1.54, 1.807) is 6.92 Å². The van der Waals surface area contributed by atoms with Crippen LogP contribution in [0.2, 0.25) is 0 Å². The molecule has 0 radical (unpaired) electrons. The highest BCUT2D eigenvalue weighted by molar-refractivity contribution is 5.94. The molecule has 0 bridgehead atoms. The Hall–Kier alpha value is -2.94. The number of carbonyl (C=O) groups is 4. The number of carbonyl (C=O) groups excluding carboxylic acids is 3. The Morgan fingerprint density at radius 1 is 1.03 bits per heavy atom. The van der Waals surface area contributed by atoms with Crippen LogP contribution in [-0.4, -0.2) is 59.5 Å². The van der Waals surface area contributed by atoms with Crippen molar-refractivity contribution in [2.75, 3.05) is 6.54 Å². The molecule has 1 aliphatic heterocycles. The lowest BCUT2D eigenvalue weighted by Gasteiger charge is -2.23. The van der Waals surface area contributed by atoms with Gasteiger partial charge in [-0.1, -0.05) is 30.3 Å². The van der Waals surface area contributed by atoms with Gasteiger partial charge in [-0.3, -0.25) is 19.2 Å². The Balaban J connectivity index is 2.02. The molecule has 0 saturated carbocycles. The fraction of sp³-hybridized carbons (Fsp3) is 0.500. The van der Waals surface area contributed by atoms with Gasteiger partial charge in [0.1, 0.15) is 18.1 Å². The van der Waals surface area contributed by atoms with Crippen molar-refractivity contribution in [3.05, 3.63) is 35.9 Å². The number of hydrogen-bond donors (Lipinski definition) is 5. The van der Waals surface area contributed by atoms with Crippen LogP contribution in [0.4, 0.5) is 0 Å². The molecule has 1 heterocycles. The second-order valence-electron chi connectivity index (χ2n) is 7.20. The van der Waals surface area contributed by atoms with Crippen LogP contribution < -0.4 is 21.3 Å². The average Bonchev–Trinajstić information content (AvgIpc) is 3.23. The van der Waals surface area contributed by atoms with E-state index in [4.69, 9.17) is 5.11 Å². The van der Waals surface area contributed by atoms with Crippen LogP contribution in [0.3, 0.4) is 0 Å². The van der Waals surface area contributed by atoms with Crippen LogP contribution in [0, 0.1) is 0 Å². The zero-order valence-electron chi connectivity index (χ0n) is 16.6. The lowest BCUT2D eigenvalue weighted by atomic mass is 10.0. The Kier molecular flexibility index (Phi) is 8.14. The number of aliphatic carboxylic acids is 1. The summed E-state index contributed by atoms with van der Waals surface area (Å²) in [5.74, 6) is -2.55. The fourth-order valence-corrected chi connectivity index (χ4v) is 3.02. The van der Waals surface area contributed by atoms with Gasteiger partial charge in [-0.15, -0.1) is 0 Å². The number of nitrogens with one attached hydrogen (secondary N) is 4. The molecule has 9 nitrogen and oxygen atoms in total. The van der Waals surface area contributed by atoms with Crippen molar-refractivity contribution in [1.82, 2.24) is 21.3 Å². The van der Waals surface area contributed by atoms with E-state index < -0.39 is 35.9 Å². The molecule has 1 aromatic rings. The predicted octanol–water partition coefficient (Wildman–Crippen LogP) is -0.440. The van der Waals surface area contributed by atoms with Crippen molar-refractivity contribution in [3.8, 4) is 0 Å². The first kappa shape index (κ1) is 22.4. The zero-order chi connectivity index (χ0) is 21.4. The van der Waals surface area contributed by atoms with E-state index in [1.165, 1.54) is 6.92 Å². The van der Waals surface area contributed by atoms with E-state index >= 15 is 0 Å². The van der Waals surface area contributed by atoms with Gasteiger partial charge >= 0.3 is 5.97 Å². The van der Waals surface area contributed by atoms with Gasteiger partial charge in [-0.25, -0.2) is 0 Å². The summed E-state index contributed by atoms with van der Waals surface area (Å²) in [5.41, 5.74) is 0.808. The molecule has 2 rings (SSSR count). The number of carboxylic acids is 1. The summed E-state index contributed by atoms with van der Waals surface area (Å²) >= 11 is 0. The smallest absolute Gasteiger partial charge is 0.325 e. The third-order valence-corrected chi connectivity index (χ3v) is 4.77. The van der Waals surface area contributed by atoms with Gasteiger partial charge in [-0.2, -0.15) is 0 Å². The maximum absolute atomic E-state index is 12.6. The summed E-state index contributed by atoms with van der Waals surface area (Å²) in [6.07, 6.45) is 1.81. The molecule has 0 aliphatic carbocycles. The number of amides is 3. The van der Waals surface area contributed by atoms with Gasteiger partial charge in [-0.05, 0) is 38.8 Å². The van der Waals surface area contributed by atoms with E-state index in [0.717, 1.165) is 18.5 Å². The molecule has 5 N–H and O–H groups in total. The number of hydrogen-bond acceptors (Lipinski definition) is 5. The molecule has 4 atom stereocenters. The summed E-state index contributed by atoms with van der Waals surface area (Å²) in [4.78, 5) is 48.4. The van der Waals surface area contributed by atoms with Crippen LogP contribution in [-0.2, 0) is 25.6 Å². The van der Waals surface area contributed by atoms with Crippen molar-refractivity contribution in [2.24, 2.45) is 0 Å². The van der Waals surface area contributed by atoms with Crippen LogP contribution in [0.1, 0.15) is 32.3 Å². The van der Waals surface area contributed by atoms with E-state index in [2.05, 4.69) is 21.3 Å². The van der Waals surface area contributed by atoms with Crippen LogP contribution in [0.5, 0.6) is 0 Å². The largest absolute Gasteiger partial charge is 0.480 e. The third-order valence-electron chi connectivity index (χ3n) is 4.77. The normalized spacial score (nSPS) is 18.9. The molecule has 1 saturated heterocycles. The number of carboxylic acid groups (broad SMARTS) is 1. The Labute approximate surface area is 169 Å². The Morgan fingerprint density at radius 2 is 1.72 bits per heavy atom. The van der Waals surface area contributed by atoms with Crippen molar-refractivity contribution in [1.29, 1.82) is 0 Å². The molecule has 29 heavy (non-hydrogen) atoms. The first-order chi connectivity index (χ1) is 13.8. The van der Waals surface area contributed by atoms with E-state index in [9.17, 15) is 19.2 Å². The minimum absolute atomic E-state index is 0.190. The van der Waals surface area contributed by atoms with Gasteiger partial charge in [0.2, 0.25) is 17.7 Å². The average molecular weight is 404 g/mol. The first-order valence-corrected chi connectivity index (χ1v) is 9.69. The molecular weight excluding hydrogens is 376 g/mol. The monoisotopic (exact) mass is 404 g/mol. The minimum atomic E-state index is -1.17. The van der Waals surface area contributed by atoms with Crippen LogP contribution >= 0.6 is 0 Å². The zero-order valence-corrected chi connectivity index (χ0v) is 16.6. The summed E-state index contributed by atoms with van der Waals surface area (Å²) < 4.78 is 0. The molecule has 1 aliphatic rings. The lowest BCUT2D eigenvalue weighted by molar-refractivity contribution is -0.141. The summed E-state index contributed by atoms with van der Waals surface area (Å²) in [5, 5.41) is 19.7. The highest BCUT2D eigenvalue weighted by atomic mass is 16.4. The van der Waals surface area contributed by atoms with Gasteiger partial charge in [0, 0.05) is 6.42 Å². The van der Waals surface area contributed by atoms with Gasteiger partial charge in [0.05, 0.1) is 6.04 Å². The maximum atomic E-state index is 12.6. The van der Waals surface area contributed by atoms with Crippen LogP contribution in [0.25, 0.3) is 0 Å². The van der Waals surface area contributed by atoms with Crippen molar-refractivity contribution in [3.63, 3.8) is 0 Å². The Bertz CT molecular complexity index is 734. The molecule has 0 aromatic heterocycles. The summed E-state index contributed by atoms with van der Waals surface area (Å²) in [6, 6.07) is 5.84. The van der Waals surface area contributed by atoms with Crippen molar-refractivity contribution in [2.45, 2.75) is 57.3 Å². The van der Waals surface area contributed by atoms with Gasteiger partial charge in [0.25, 0.3) is 0 Å². The highest BCUT2D eigenvalue weighted by Gasteiger charge is 2.29. The second kappa shape index (κ2) is 10.6. The molecular formula is C20H28N4O5. The number of rotatable bonds is 9. The molecule has 1 aromatic carbocycles. The van der Waals surface area contributed by atoms with Crippen LogP contribution in [0.15, 0.2) is 30.3 Å². The second-order valence-corrected chi connectivity index (χ2v) is 7.20. The van der Waals surface area contributed by atoms with E-state index in [-0.39, 0.29) is 18.4 Å². The predicted molar refractivity (Wildman–Crippen MR) is 106 cm³/mol. The molecule has 0 spiro atoms. The Morgan fingerprint density at radius 3 is 2.31 bits per heavy atom. The van der Waals surface area contributed by atoms with Crippen molar-refractivity contribution < 1.29 is 24.3 Å². The molecule has 4 unspecified atom stereocenters. The van der Waals surface area contributed by atoms with Crippen molar-refractivity contribution >= 4 is 23.7 Å². The highest BCUT2D eigenvalue weighted by Crippen LogP contribution is 2.06. The topological polar surface area (TPSA) is 137 Å². The summed E-state index contributed by atoms with van der Waals surface area (Å²) in [6.45, 7) is 3.65. The molecule has 9 heteroatoms. The third kappa shape index (κ3) is 6.86. The van der Waals surface area contributed by atoms with Gasteiger partial charge < -0.3 is 26.4 Å². The van der Waals surface area contributed by atoms with E-state index in [0.29, 0.717) is 6.42 Å². The maximum Gasteiger partial charge on any atom is 0.325 e. The van der Waals surface area contributed by atoms with Gasteiger partial charge in [0.15, 0.2) is 0 Å². The SMILES string of the molecule is CC(NC(=O)C(Cc1ccccc1)NC(=O)C(C)NC(=O)C1CCCN1)C(=O)O. The molecule has 1 fully saturated rings. The molecule has 158 valence electrons. The standard InChI is InChI=1S/C20H28N4O5/c1-12(22-18(26)15-9-6-10-21-15)17(25)24-16(11-14-7-4-3-5-8-14)19(27)23-13(2)20(28)29/h3-5,7-8,12-13,15-16,21H,6,9-11H2,1-2H3,(H,22,26)(H,23,27)(H,24,25)(H,28,29). The van der Waals surface area contributed by atoms with E-state index in [1.807, 2.05) is 30.3 Å². The first-order valence-electron chi connectivity index (χ1n) is 9.69. The lowest BCUT2D eigenvalue weighted by Crippen LogP contribution is -2.56. The minimum Gasteiger partial charge on any atom is -0.480 e. The quantitative estimate of drug-likeness (QED) is 0.378. The summed E-state index contributed by atoms with van der Waals surface area (Å²) in [7, 11) is 0.